The number of rotatable bonds is 4. The molecule has 1 atom stereocenters. The van der Waals surface area contributed by atoms with Gasteiger partial charge in [-0.3, -0.25) is 4.90 Å². The Morgan fingerprint density at radius 2 is 2.36 bits per heavy atom. The molecule has 0 aromatic rings. The molecule has 0 spiro atoms. The zero-order valence-corrected chi connectivity index (χ0v) is 7.51. The Morgan fingerprint density at radius 1 is 1.73 bits per heavy atom. The molecule has 1 fully saturated rings. The Hall–Kier alpha value is -0.260. The van der Waals surface area contributed by atoms with Crippen molar-refractivity contribution in [1.82, 2.24) is 4.90 Å². The third-order valence-electron chi connectivity index (χ3n) is 2.00. The fourth-order valence-corrected chi connectivity index (χ4v) is 1.40. The van der Waals surface area contributed by atoms with E-state index in [0.717, 1.165) is 19.1 Å². The van der Waals surface area contributed by atoms with Gasteiger partial charge < -0.3 is 0 Å². The van der Waals surface area contributed by atoms with Crippen molar-refractivity contribution in [2.75, 3.05) is 13.1 Å². The van der Waals surface area contributed by atoms with Gasteiger partial charge in [0.2, 0.25) is 0 Å². The highest BCUT2D eigenvalue weighted by atomic mass is 35.5. The number of nitrogens with zero attached hydrogens (tertiary/aromatic N) is 2. The van der Waals surface area contributed by atoms with Gasteiger partial charge in [0, 0.05) is 12.6 Å². The molecule has 1 unspecified atom stereocenters. The van der Waals surface area contributed by atoms with E-state index in [1.54, 1.807) is 0 Å². The Morgan fingerprint density at radius 3 is 2.73 bits per heavy atom. The summed E-state index contributed by atoms with van der Waals surface area (Å²) >= 11 is 5.71. The quantitative estimate of drug-likeness (QED) is 0.603. The van der Waals surface area contributed by atoms with Gasteiger partial charge >= 0.3 is 0 Å². The fourth-order valence-electron chi connectivity index (χ4n) is 1.22. The third kappa shape index (κ3) is 2.69. The van der Waals surface area contributed by atoms with Crippen LogP contribution in [-0.2, 0) is 0 Å². The van der Waals surface area contributed by atoms with E-state index in [4.69, 9.17) is 16.9 Å². The largest absolute Gasteiger partial charge is 0.298 e. The fraction of sp³-hybridized carbons (Fsp3) is 0.875. The molecule has 0 bridgehead atoms. The molecule has 1 saturated carbocycles. The normalized spacial score (nSPS) is 19.8. The molecule has 0 heterocycles. The molecule has 62 valence electrons. The van der Waals surface area contributed by atoms with Gasteiger partial charge in [-0.05, 0) is 19.4 Å². The first-order valence-corrected chi connectivity index (χ1v) is 4.49. The van der Waals surface area contributed by atoms with Crippen molar-refractivity contribution in [3.63, 3.8) is 0 Å². The van der Waals surface area contributed by atoms with E-state index in [9.17, 15) is 0 Å². The van der Waals surface area contributed by atoms with Crippen LogP contribution in [0.2, 0.25) is 0 Å². The summed E-state index contributed by atoms with van der Waals surface area (Å²) in [6.45, 7) is 3.84. The second-order valence-electron chi connectivity index (χ2n) is 2.92. The van der Waals surface area contributed by atoms with E-state index in [1.165, 1.54) is 12.8 Å². The molecule has 0 saturated heterocycles. The van der Waals surface area contributed by atoms with Gasteiger partial charge in [0.1, 0.15) is 5.38 Å². The average molecular weight is 173 g/mol. The van der Waals surface area contributed by atoms with Crippen LogP contribution in [0.5, 0.6) is 0 Å². The Bertz CT molecular complexity index is 160. The van der Waals surface area contributed by atoms with Crippen LogP contribution < -0.4 is 0 Å². The van der Waals surface area contributed by atoms with Crippen LogP contribution in [0.25, 0.3) is 0 Å². The minimum absolute atomic E-state index is 0.337. The average Bonchev–Trinajstić information content (AvgIpc) is 2.82. The van der Waals surface area contributed by atoms with E-state index >= 15 is 0 Å². The summed E-state index contributed by atoms with van der Waals surface area (Å²) in [7, 11) is 0. The predicted molar refractivity (Wildman–Crippen MR) is 45.5 cm³/mol. The molecule has 2 nitrogen and oxygen atoms in total. The highest BCUT2D eigenvalue weighted by Gasteiger charge is 2.28. The lowest BCUT2D eigenvalue weighted by Crippen LogP contribution is -2.31. The summed E-state index contributed by atoms with van der Waals surface area (Å²) in [5, 5.41) is 8.14. The monoisotopic (exact) mass is 172 g/mol. The summed E-state index contributed by atoms with van der Waals surface area (Å²) in [5.41, 5.74) is 0. The summed E-state index contributed by atoms with van der Waals surface area (Å²) < 4.78 is 0. The minimum atomic E-state index is -0.337. The second kappa shape index (κ2) is 3.94. The molecule has 0 radical (unpaired) electrons. The van der Waals surface area contributed by atoms with Crippen molar-refractivity contribution in [2.45, 2.75) is 31.2 Å². The highest BCUT2D eigenvalue weighted by Crippen LogP contribution is 2.26. The lowest BCUT2D eigenvalue weighted by Gasteiger charge is -2.19. The maximum atomic E-state index is 8.47. The SMILES string of the molecule is CCN(CC(Cl)C#N)C1CC1. The molecule has 1 rings (SSSR count). The maximum absolute atomic E-state index is 8.47. The number of hydrogen-bond acceptors (Lipinski definition) is 2. The highest BCUT2D eigenvalue weighted by molar-refractivity contribution is 6.22. The Labute approximate surface area is 72.7 Å². The van der Waals surface area contributed by atoms with E-state index in [2.05, 4.69) is 11.8 Å². The number of hydrogen-bond donors (Lipinski definition) is 0. The zero-order valence-electron chi connectivity index (χ0n) is 6.76. The molecular weight excluding hydrogens is 160 g/mol. The van der Waals surface area contributed by atoms with Gasteiger partial charge in [-0.15, -0.1) is 11.6 Å². The van der Waals surface area contributed by atoms with Crippen LogP contribution in [0.15, 0.2) is 0 Å². The van der Waals surface area contributed by atoms with Crippen LogP contribution >= 0.6 is 11.6 Å². The second-order valence-corrected chi connectivity index (χ2v) is 3.44. The van der Waals surface area contributed by atoms with Crippen molar-refractivity contribution >= 4 is 11.6 Å². The predicted octanol–water partition coefficient (Wildman–Crippen LogP) is 1.60. The van der Waals surface area contributed by atoms with Crippen molar-refractivity contribution in [1.29, 1.82) is 5.26 Å². The minimum Gasteiger partial charge on any atom is -0.298 e. The molecule has 1 aliphatic carbocycles. The smallest absolute Gasteiger partial charge is 0.133 e. The summed E-state index contributed by atoms with van der Waals surface area (Å²) in [4.78, 5) is 2.28. The zero-order chi connectivity index (χ0) is 8.27. The number of halogens is 1. The molecule has 0 aliphatic heterocycles. The van der Waals surface area contributed by atoms with Crippen LogP contribution in [0, 0.1) is 11.3 Å². The Balaban J connectivity index is 2.26. The standard InChI is InChI=1S/C8H13ClN2/c1-2-11(8-3-4-8)6-7(9)5-10/h7-8H,2-4,6H2,1H3. The van der Waals surface area contributed by atoms with E-state index in [-0.39, 0.29) is 5.38 Å². The van der Waals surface area contributed by atoms with E-state index in [0.29, 0.717) is 0 Å². The van der Waals surface area contributed by atoms with Crippen LogP contribution in [-0.4, -0.2) is 29.4 Å². The maximum Gasteiger partial charge on any atom is 0.133 e. The summed E-state index contributed by atoms with van der Waals surface area (Å²) in [5.74, 6) is 0. The van der Waals surface area contributed by atoms with Crippen molar-refractivity contribution in [3.8, 4) is 6.07 Å². The van der Waals surface area contributed by atoms with Crippen molar-refractivity contribution in [2.24, 2.45) is 0 Å². The first kappa shape index (κ1) is 8.83. The number of nitriles is 1. The number of alkyl halides is 1. The molecule has 0 amide bonds. The molecule has 0 aromatic carbocycles. The van der Waals surface area contributed by atoms with Gasteiger partial charge in [0.05, 0.1) is 6.07 Å². The van der Waals surface area contributed by atoms with Gasteiger partial charge in [0.25, 0.3) is 0 Å². The summed E-state index contributed by atoms with van der Waals surface area (Å²) in [6, 6.07) is 2.75. The van der Waals surface area contributed by atoms with Gasteiger partial charge in [0.15, 0.2) is 0 Å². The molecule has 1 aliphatic rings. The van der Waals surface area contributed by atoms with Gasteiger partial charge in [-0.2, -0.15) is 5.26 Å². The van der Waals surface area contributed by atoms with Crippen molar-refractivity contribution in [3.05, 3.63) is 0 Å². The van der Waals surface area contributed by atoms with Crippen LogP contribution in [0.3, 0.4) is 0 Å². The Kier molecular flexibility index (Phi) is 3.16. The summed E-state index contributed by atoms with van der Waals surface area (Å²) in [6.07, 6.45) is 2.56. The van der Waals surface area contributed by atoms with E-state index in [1.807, 2.05) is 6.07 Å². The molecule has 0 N–H and O–H groups in total. The molecular formula is C8H13ClN2. The van der Waals surface area contributed by atoms with Crippen molar-refractivity contribution < 1.29 is 0 Å². The topological polar surface area (TPSA) is 27.0 Å². The van der Waals surface area contributed by atoms with Gasteiger partial charge in [-0.1, -0.05) is 6.92 Å². The molecule has 11 heavy (non-hydrogen) atoms. The molecule has 0 aromatic heterocycles. The first-order valence-electron chi connectivity index (χ1n) is 4.05. The lowest BCUT2D eigenvalue weighted by atomic mass is 10.4. The third-order valence-corrected chi connectivity index (χ3v) is 2.24. The lowest BCUT2D eigenvalue weighted by molar-refractivity contribution is 0.286. The van der Waals surface area contributed by atoms with Gasteiger partial charge in [-0.25, -0.2) is 0 Å². The first-order chi connectivity index (χ1) is 5.27. The van der Waals surface area contributed by atoms with Crippen LogP contribution in [0.1, 0.15) is 19.8 Å². The van der Waals surface area contributed by atoms with E-state index < -0.39 is 0 Å². The van der Waals surface area contributed by atoms with Crippen LogP contribution in [0.4, 0.5) is 0 Å². The molecule has 3 heteroatoms.